The Morgan fingerprint density at radius 2 is 1.76 bits per heavy atom. The van der Waals surface area contributed by atoms with E-state index >= 15 is 0 Å². The van der Waals surface area contributed by atoms with E-state index in [9.17, 15) is 25.3 Å². The topological polar surface area (TPSA) is 127 Å². The lowest BCUT2D eigenvalue weighted by atomic mass is 9.90. The van der Waals surface area contributed by atoms with Gasteiger partial charge in [0.1, 0.15) is 11.9 Å². The average molecular weight is 294 g/mol. The highest BCUT2D eigenvalue weighted by atomic mass is 16.6. The van der Waals surface area contributed by atoms with Gasteiger partial charge in [0.25, 0.3) is 11.2 Å². The van der Waals surface area contributed by atoms with Crippen molar-refractivity contribution in [3.63, 3.8) is 0 Å². The highest BCUT2D eigenvalue weighted by Crippen LogP contribution is 2.24. The Balaban J connectivity index is 0.000000262. The monoisotopic (exact) mass is 294 g/mol. The molecule has 2 atom stereocenters. The molecule has 8 heteroatoms. The molecule has 0 aliphatic heterocycles. The molecule has 0 amide bonds. The molecule has 8 nitrogen and oxygen atoms in total. The maximum atomic E-state index is 10.6. The lowest BCUT2D eigenvalue weighted by Gasteiger charge is -2.22. The van der Waals surface area contributed by atoms with Gasteiger partial charge in [-0.1, -0.05) is 18.2 Å². The number of nitrogens with zero attached hydrogens (tertiary/aromatic N) is 2. The van der Waals surface area contributed by atoms with Crippen LogP contribution >= 0.6 is 0 Å². The maximum Gasteiger partial charge on any atom is 0.273 e. The van der Waals surface area contributed by atoms with Gasteiger partial charge in [-0.3, -0.25) is 20.2 Å². The zero-order valence-corrected chi connectivity index (χ0v) is 11.1. The number of hydrogen-bond acceptors (Lipinski definition) is 6. The van der Waals surface area contributed by atoms with Gasteiger partial charge in [-0.2, -0.15) is 0 Å². The van der Waals surface area contributed by atoms with Gasteiger partial charge in [-0.05, 0) is 18.2 Å². The molecular formula is C13H14N2O6. The Hall–Kier alpha value is -2.74. The highest BCUT2D eigenvalue weighted by molar-refractivity contribution is 5.26. The molecule has 112 valence electrons. The van der Waals surface area contributed by atoms with Crippen LogP contribution in [0.3, 0.4) is 0 Å². The molecule has 0 bridgehead atoms. The molecule has 1 aliphatic carbocycles. The molecule has 0 aromatic heterocycles. The second-order valence-electron chi connectivity index (χ2n) is 4.45. The van der Waals surface area contributed by atoms with Crippen LogP contribution in [0.15, 0.2) is 54.3 Å². The fraction of sp³-hybridized carbons (Fsp3) is 0.231. The van der Waals surface area contributed by atoms with Crippen molar-refractivity contribution < 1.29 is 20.1 Å². The third-order valence-corrected chi connectivity index (χ3v) is 2.85. The number of hydrogen-bond donors (Lipinski definition) is 2. The normalized spacial score (nSPS) is 23.5. The van der Waals surface area contributed by atoms with Gasteiger partial charge in [0.15, 0.2) is 0 Å². The van der Waals surface area contributed by atoms with Crippen molar-refractivity contribution in [2.45, 2.75) is 18.6 Å². The summed E-state index contributed by atoms with van der Waals surface area (Å²) in [4.78, 5) is 19.5. The number of phenolic OH excluding ortho intramolecular Hbond substituents is 1. The molecule has 0 fully saturated rings. The van der Waals surface area contributed by atoms with Gasteiger partial charge in [0.2, 0.25) is 0 Å². The second-order valence-corrected chi connectivity index (χ2v) is 4.45. The van der Waals surface area contributed by atoms with Crippen molar-refractivity contribution in [3.05, 3.63) is 74.5 Å². The molecule has 0 saturated heterocycles. The molecule has 1 aromatic rings. The van der Waals surface area contributed by atoms with Gasteiger partial charge in [0, 0.05) is 17.9 Å². The predicted molar refractivity (Wildman–Crippen MR) is 73.7 cm³/mol. The Kier molecular flexibility index (Phi) is 5.14. The quantitative estimate of drug-likeness (QED) is 0.628. The molecule has 0 spiro atoms. The molecule has 0 radical (unpaired) electrons. The number of aliphatic hydroxyl groups is 1. The first-order valence-electron chi connectivity index (χ1n) is 5.89. The summed E-state index contributed by atoms with van der Waals surface area (Å²) in [7, 11) is 0. The summed E-state index contributed by atoms with van der Waals surface area (Å²) in [6.07, 6.45) is 1.59. The number of para-hydroxylation sites is 1. The van der Waals surface area contributed by atoms with Crippen LogP contribution < -0.4 is 0 Å². The largest absolute Gasteiger partial charge is 0.508 e. The summed E-state index contributed by atoms with van der Waals surface area (Å²) in [5, 5.41) is 38.9. The summed E-state index contributed by atoms with van der Waals surface area (Å²) in [5.74, 6) is 0.322. The summed E-state index contributed by atoms with van der Waals surface area (Å²) >= 11 is 0. The minimum absolute atomic E-state index is 0.322. The van der Waals surface area contributed by atoms with Crippen LogP contribution in [0.5, 0.6) is 5.75 Å². The molecule has 1 aromatic carbocycles. The number of benzene rings is 1. The number of aliphatic hydroxyl groups excluding tert-OH is 1. The standard InChI is InChI=1S/C7H8N2O5.C6H6O/c1-7(9(13)14)4-5(8(11)12)2-3-6(7)10;7-6-4-2-1-3-5-6/h2-4,6,10H,1H3;1-5,7H. The fourth-order valence-corrected chi connectivity index (χ4v) is 1.52. The fourth-order valence-electron chi connectivity index (χ4n) is 1.52. The SMILES string of the molecule is CC1([N+](=O)[O-])C=C([N+](=O)[O-])C=CC1O.Oc1ccccc1. The Morgan fingerprint density at radius 3 is 2.14 bits per heavy atom. The van der Waals surface area contributed by atoms with Gasteiger partial charge in [-0.15, -0.1) is 0 Å². The summed E-state index contributed by atoms with van der Waals surface area (Å²) in [5.41, 5.74) is -2.20. The van der Waals surface area contributed by atoms with Gasteiger partial charge in [0.05, 0.1) is 11.0 Å². The zero-order valence-electron chi connectivity index (χ0n) is 11.1. The van der Waals surface area contributed by atoms with E-state index in [1.165, 1.54) is 0 Å². The highest BCUT2D eigenvalue weighted by Gasteiger charge is 2.46. The average Bonchev–Trinajstić information content (AvgIpc) is 2.43. The van der Waals surface area contributed by atoms with Crippen molar-refractivity contribution in [1.29, 1.82) is 0 Å². The van der Waals surface area contributed by atoms with E-state index in [1.807, 2.05) is 6.07 Å². The minimum atomic E-state index is -1.82. The molecule has 2 unspecified atom stereocenters. The van der Waals surface area contributed by atoms with Gasteiger partial charge >= 0.3 is 0 Å². The molecule has 0 heterocycles. The first-order chi connectivity index (χ1) is 9.77. The third-order valence-electron chi connectivity index (χ3n) is 2.85. The summed E-state index contributed by atoms with van der Waals surface area (Å²) < 4.78 is 0. The van der Waals surface area contributed by atoms with E-state index in [0.29, 0.717) is 5.75 Å². The smallest absolute Gasteiger partial charge is 0.273 e. The summed E-state index contributed by atoms with van der Waals surface area (Å²) in [6, 6.07) is 8.71. The molecular weight excluding hydrogens is 280 g/mol. The van der Waals surface area contributed by atoms with Gasteiger partial charge < -0.3 is 10.2 Å². The van der Waals surface area contributed by atoms with Crippen molar-refractivity contribution in [2.75, 3.05) is 0 Å². The lowest BCUT2D eigenvalue weighted by molar-refractivity contribution is -0.562. The van der Waals surface area contributed by atoms with Gasteiger partial charge in [-0.25, -0.2) is 0 Å². The van der Waals surface area contributed by atoms with E-state index in [4.69, 9.17) is 5.11 Å². The number of aromatic hydroxyl groups is 1. The molecule has 1 aliphatic rings. The third kappa shape index (κ3) is 4.11. The van der Waals surface area contributed by atoms with Crippen LogP contribution in [0.4, 0.5) is 0 Å². The van der Waals surface area contributed by atoms with E-state index in [1.54, 1.807) is 24.3 Å². The van der Waals surface area contributed by atoms with Crippen LogP contribution in [0, 0.1) is 20.2 Å². The van der Waals surface area contributed by atoms with Crippen molar-refractivity contribution >= 4 is 0 Å². The number of rotatable bonds is 2. The molecule has 2 rings (SSSR count). The molecule has 2 N–H and O–H groups in total. The zero-order chi connectivity index (χ0) is 16.0. The van der Waals surface area contributed by atoms with Crippen molar-refractivity contribution in [3.8, 4) is 5.75 Å². The second kappa shape index (κ2) is 6.62. The lowest BCUT2D eigenvalue weighted by Crippen LogP contribution is -2.45. The van der Waals surface area contributed by atoms with E-state index in [0.717, 1.165) is 25.2 Å². The van der Waals surface area contributed by atoms with Crippen molar-refractivity contribution in [1.82, 2.24) is 0 Å². The van der Waals surface area contributed by atoms with E-state index in [2.05, 4.69) is 0 Å². The minimum Gasteiger partial charge on any atom is -0.508 e. The van der Waals surface area contributed by atoms with Crippen LogP contribution in [-0.2, 0) is 0 Å². The van der Waals surface area contributed by atoms with Crippen molar-refractivity contribution in [2.24, 2.45) is 0 Å². The Morgan fingerprint density at radius 1 is 1.19 bits per heavy atom. The van der Waals surface area contributed by atoms with Crippen LogP contribution in [-0.4, -0.2) is 31.7 Å². The number of phenols is 1. The van der Waals surface area contributed by atoms with Crippen LogP contribution in [0.1, 0.15) is 6.92 Å². The Labute approximate surface area is 120 Å². The molecule has 21 heavy (non-hydrogen) atoms. The number of nitro groups is 2. The van der Waals surface area contributed by atoms with Crippen LogP contribution in [0.25, 0.3) is 0 Å². The first-order valence-corrected chi connectivity index (χ1v) is 5.89. The van der Waals surface area contributed by atoms with E-state index < -0.39 is 21.5 Å². The maximum absolute atomic E-state index is 10.6. The van der Waals surface area contributed by atoms with Crippen LogP contribution in [0.2, 0.25) is 0 Å². The Bertz CT molecular complexity index is 584. The first kappa shape index (κ1) is 16.3. The predicted octanol–water partition coefficient (Wildman–Crippen LogP) is 1.51. The summed E-state index contributed by atoms with van der Waals surface area (Å²) in [6.45, 7) is 1.13. The molecule has 0 saturated carbocycles. The number of allylic oxidation sites excluding steroid dienone is 1. The van der Waals surface area contributed by atoms with E-state index in [-0.39, 0.29) is 5.70 Å².